The molecule has 10 nitrogen and oxygen atoms in total. The van der Waals surface area contributed by atoms with Gasteiger partial charge in [0.2, 0.25) is 17.1 Å². The predicted molar refractivity (Wildman–Crippen MR) is 188 cm³/mol. The number of aliphatic hydroxyl groups is 1. The summed E-state index contributed by atoms with van der Waals surface area (Å²) >= 11 is 0. The van der Waals surface area contributed by atoms with Crippen LogP contribution < -0.4 is 14.2 Å². The van der Waals surface area contributed by atoms with Crippen LogP contribution in [0.25, 0.3) is 17.0 Å². The number of halogens is 4. The van der Waals surface area contributed by atoms with Gasteiger partial charge in [-0.25, -0.2) is 9.18 Å². The third kappa shape index (κ3) is 8.69. The van der Waals surface area contributed by atoms with Crippen molar-refractivity contribution >= 4 is 22.9 Å². The first-order valence-electron chi connectivity index (χ1n) is 17.1. The van der Waals surface area contributed by atoms with Crippen LogP contribution in [0.1, 0.15) is 48.9 Å². The van der Waals surface area contributed by atoms with Crippen LogP contribution in [-0.4, -0.2) is 79.9 Å². The van der Waals surface area contributed by atoms with Crippen molar-refractivity contribution in [1.29, 1.82) is 5.26 Å². The fourth-order valence-electron chi connectivity index (χ4n) is 6.38. The van der Waals surface area contributed by atoms with Gasteiger partial charge in [0.15, 0.2) is 11.5 Å². The summed E-state index contributed by atoms with van der Waals surface area (Å²) in [5.74, 6) is -0.172. The number of carbonyl (C=O) groups excluding carboxylic acids is 1. The second-order valence-electron chi connectivity index (χ2n) is 12.5. The van der Waals surface area contributed by atoms with Gasteiger partial charge >= 0.3 is 12.1 Å². The van der Waals surface area contributed by atoms with E-state index in [1.807, 2.05) is 6.07 Å². The van der Waals surface area contributed by atoms with E-state index in [1.165, 1.54) is 73.5 Å². The third-order valence-electron chi connectivity index (χ3n) is 9.02. The van der Waals surface area contributed by atoms with E-state index < -0.39 is 36.2 Å². The molecule has 1 N–H and O–H groups in total. The lowest BCUT2D eigenvalue weighted by Crippen LogP contribution is -2.53. The summed E-state index contributed by atoms with van der Waals surface area (Å²) in [6.45, 7) is 3.54. The molecule has 1 aliphatic heterocycles. The van der Waals surface area contributed by atoms with Crippen LogP contribution in [0.2, 0.25) is 0 Å². The molecule has 3 aromatic carbocycles. The number of carbonyl (C=O) groups is 1. The number of nitriles is 1. The molecule has 1 aliphatic rings. The lowest BCUT2D eigenvalue weighted by Gasteiger charge is -2.39. The van der Waals surface area contributed by atoms with Crippen molar-refractivity contribution in [2.24, 2.45) is 0 Å². The number of ether oxygens (including phenoxy) is 5. The van der Waals surface area contributed by atoms with Gasteiger partial charge in [-0.05, 0) is 80.3 Å². The van der Waals surface area contributed by atoms with E-state index >= 15 is 0 Å². The summed E-state index contributed by atoms with van der Waals surface area (Å²) in [7, 11) is 2.89. The molecule has 0 bridgehead atoms. The highest BCUT2D eigenvalue weighted by Crippen LogP contribution is 2.45. The van der Waals surface area contributed by atoms with Crippen LogP contribution in [0.4, 0.5) is 17.6 Å². The first-order chi connectivity index (χ1) is 25.3. The number of nitrogens with zero attached hydrogens (tertiary/aromatic N) is 3. The van der Waals surface area contributed by atoms with E-state index in [1.54, 1.807) is 30.9 Å². The number of rotatable bonds is 14. The summed E-state index contributed by atoms with van der Waals surface area (Å²) in [4.78, 5) is 13.9. The number of esters is 1. The number of fused-ring (bicyclic) bond motifs is 1. The normalized spacial score (nSPS) is 15.4. The van der Waals surface area contributed by atoms with E-state index in [0.29, 0.717) is 41.0 Å². The van der Waals surface area contributed by atoms with Gasteiger partial charge in [-0.3, -0.25) is 4.90 Å². The largest absolute Gasteiger partial charge is 0.493 e. The topological polar surface area (TPSA) is 115 Å². The number of alkyl halides is 3. The van der Waals surface area contributed by atoms with Crippen molar-refractivity contribution in [3.63, 3.8) is 0 Å². The van der Waals surface area contributed by atoms with Crippen LogP contribution in [0, 0.1) is 17.1 Å². The van der Waals surface area contributed by atoms with Gasteiger partial charge in [0, 0.05) is 43.3 Å². The molecular weight excluding hydrogens is 698 g/mol. The molecule has 0 aliphatic carbocycles. The number of piperidine rings is 1. The maximum Gasteiger partial charge on any atom is 0.422 e. The number of likely N-dealkylation sites (tertiary alicyclic amines) is 1. The smallest absolute Gasteiger partial charge is 0.422 e. The van der Waals surface area contributed by atoms with Crippen molar-refractivity contribution < 1.29 is 51.1 Å². The molecule has 2 heterocycles. The van der Waals surface area contributed by atoms with Gasteiger partial charge in [0.1, 0.15) is 11.9 Å². The first-order valence-corrected chi connectivity index (χ1v) is 17.1. The number of methoxy groups -OCH3 is 2. The van der Waals surface area contributed by atoms with Crippen molar-refractivity contribution in [2.45, 2.75) is 51.1 Å². The molecule has 1 aromatic heterocycles. The molecule has 4 aromatic rings. The molecule has 0 amide bonds. The lowest BCUT2D eigenvalue weighted by atomic mass is 9.90. The monoisotopic (exact) mass is 739 g/mol. The summed E-state index contributed by atoms with van der Waals surface area (Å²) in [6, 6.07) is 15.2. The number of aromatic nitrogens is 1. The van der Waals surface area contributed by atoms with Crippen molar-refractivity contribution in [3.05, 3.63) is 94.6 Å². The van der Waals surface area contributed by atoms with Gasteiger partial charge in [0.05, 0.1) is 44.6 Å². The zero-order valence-electron chi connectivity index (χ0n) is 29.8. The van der Waals surface area contributed by atoms with Crippen LogP contribution in [0.5, 0.6) is 17.2 Å². The zero-order valence-corrected chi connectivity index (χ0v) is 29.8. The molecule has 0 radical (unpaired) electrons. The van der Waals surface area contributed by atoms with Gasteiger partial charge < -0.3 is 33.4 Å². The molecule has 1 fully saturated rings. The molecule has 1 saturated heterocycles. The number of benzene rings is 3. The summed E-state index contributed by atoms with van der Waals surface area (Å²) in [5, 5.41) is 21.3. The molecule has 1 atom stereocenters. The average Bonchev–Trinajstić information content (AvgIpc) is 3.50. The molecule has 0 spiro atoms. The summed E-state index contributed by atoms with van der Waals surface area (Å²) in [5.41, 5.74) is -1.89. The molecule has 0 saturated carbocycles. The van der Waals surface area contributed by atoms with E-state index in [2.05, 4.69) is 0 Å². The van der Waals surface area contributed by atoms with Crippen molar-refractivity contribution in [3.8, 4) is 23.3 Å². The standard InChI is InChI=1S/C39H41F4N3O7/c1-5-51-35(37(47)52-6-2)20-27-18-33(49-3)36(34(19-27)50-4)53-29-13-15-45(16-14-29)24-38(48,39(41,42)43)31-23-46(22-25-7-10-28(40)11-8-25)32-17-26(21-44)9-12-30(31)32/h7-12,17-20,23,29,48H,5-6,13-16,22,24H2,1-4H3/b35-20-. The summed E-state index contributed by atoms with van der Waals surface area (Å²) in [6.07, 6.45) is -2.06. The predicted octanol–water partition coefficient (Wildman–Crippen LogP) is 6.95. The maximum absolute atomic E-state index is 15.0. The van der Waals surface area contributed by atoms with Crippen LogP contribution in [0.3, 0.4) is 0 Å². The molecule has 1 unspecified atom stereocenters. The highest BCUT2D eigenvalue weighted by Gasteiger charge is 2.57. The van der Waals surface area contributed by atoms with E-state index in [0.717, 1.165) is 0 Å². The van der Waals surface area contributed by atoms with E-state index in [9.17, 15) is 32.7 Å². The first kappa shape index (κ1) is 39.0. The quantitative estimate of drug-likeness (QED) is 0.0635. The number of β-amino-alcohol motifs (C(OH)–C–C–N with tert-alkyl or cyclic N) is 1. The number of hydrogen-bond donors (Lipinski definition) is 1. The minimum Gasteiger partial charge on any atom is -0.493 e. The molecule has 282 valence electrons. The Hall–Kier alpha value is -5.26. The molecule has 5 rings (SSSR count). The average molecular weight is 740 g/mol. The Morgan fingerprint density at radius 1 is 0.981 bits per heavy atom. The fourth-order valence-corrected chi connectivity index (χ4v) is 6.38. The van der Waals surface area contributed by atoms with Crippen LogP contribution >= 0.6 is 0 Å². The zero-order chi connectivity index (χ0) is 38.3. The molecule has 53 heavy (non-hydrogen) atoms. The molecule has 14 heteroatoms. The van der Waals surface area contributed by atoms with Crippen LogP contribution in [0.15, 0.2) is 66.6 Å². The van der Waals surface area contributed by atoms with E-state index in [4.69, 9.17) is 23.7 Å². The second kappa shape index (κ2) is 16.6. The summed E-state index contributed by atoms with van der Waals surface area (Å²) < 4.78 is 88.1. The lowest BCUT2D eigenvalue weighted by molar-refractivity contribution is -0.272. The van der Waals surface area contributed by atoms with E-state index in [-0.39, 0.29) is 60.9 Å². The van der Waals surface area contributed by atoms with Crippen molar-refractivity contribution in [2.75, 3.05) is 47.1 Å². The number of hydrogen-bond acceptors (Lipinski definition) is 9. The van der Waals surface area contributed by atoms with Crippen LogP contribution in [-0.2, 0) is 26.4 Å². The highest BCUT2D eigenvalue weighted by atomic mass is 19.4. The van der Waals surface area contributed by atoms with Gasteiger partial charge in [0.25, 0.3) is 0 Å². The second-order valence-corrected chi connectivity index (χ2v) is 12.5. The molecular formula is C39H41F4N3O7. The Kier molecular flexibility index (Phi) is 12.2. The Morgan fingerprint density at radius 2 is 1.62 bits per heavy atom. The van der Waals surface area contributed by atoms with Crippen molar-refractivity contribution in [1.82, 2.24) is 9.47 Å². The third-order valence-corrected chi connectivity index (χ3v) is 9.02. The Morgan fingerprint density at radius 3 is 2.19 bits per heavy atom. The van der Waals surface area contributed by atoms with Gasteiger partial charge in [-0.1, -0.05) is 18.2 Å². The Bertz CT molecular complexity index is 1950. The minimum absolute atomic E-state index is 0.00247. The Labute approximate surface area is 304 Å². The SMILES string of the molecule is CCOC(=O)/C(=C/c1cc(OC)c(OC2CCN(CC(O)(c3cn(Cc4ccc(F)cc4)c4cc(C#N)ccc34)C(F)(F)F)CC2)c(OC)c1)OCC. The maximum atomic E-state index is 15.0. The fraction of sp³-hybridized carbons (Fsp3) is 0.385. The minimum atomic E-state index is -5.06. The van der Waals surface area contributed by atoms with Gasteiger partial charge in [-0.2, -0.15) is 18.4 Å². The highest BCUT2D eigenvalue weighted by molar-refractivity contribution is 5.91. The van der Waals surface area contributed by atoms with Gasteiger partial charge in [-0.15, -0.1) is 0 Å². The Balaban J connectivity index is 1.37.